The third kappa shape index (κ3) is 3.78. The van der Waals surface area contributed by atoms with Crippen LogP contribution in [0.25, 0.3) is 0 Å². The van der Waals surface area contributed by atoms with E-state index in [1.54, 1.807) is 10.3 Å². The quantitative estimate of drug-likeness (QED) is 0.849. The Morgan fingerprint density at radius 2 is 2.28 bits per heavy atom. The monoisotopic (exact) mass is 272 g/mol. The highest BCUT2D eigenvalue weighted by Crippen LogP contribution is 2.21. The highest BCUT2D eigenvalue weighted by atomic mass is 32.1. The van der Waals surface area contributed by atoms with E-state index < -0.39 is 12.1 Å². The van der Waals surface area contributed by atoms with Gasteiger partial charge in [0, 0.05) is 18.8 Å². The van der Waals surface area contributed by atoms with E-state index in [4.69, 9.17) is 9.84 Å². The van der Waals surface area contributed by atoms with Crippen LogP contribution in [0.1, 0.15) is 26.5 Å². The molecule has 0 saturated heterocycles. The summed E-state index contributed by atoms with van der Waals surface area (Å²) in [7, 11) is 0. The number of aromatic nitrogens is 1. The van der Waals surface area contributed by atoms with E-state index in [1.807, 2.05) is 6.92 Å². The zero-order valence-corrected chi connectivity index (χ0v) is 11.4. The van der Waals surface area contributed by atoms with Crippen molar-refractivity contribution >= 4 is 28.3 Å². The van der Waals surface area contributed by atoms with Gasteiger partial charge in [-0.2, -0.15) is 0 Å². The predicted octanol–water partition coefficient (Wildman–Crippen LogP) is 1.51. The van der Waals surface area contributed by atoms with Gasteiger partial charge in [0.1, 0.15) is 0 Å². The maximum atomic E-state index is 11.3. The number of thiazole rings is 1. The summed E-state index contributed by atoms with van der Waals surface area (Å²) in [5, 5.41) is 11.0. The van der Waals surface area contributed by atoms with E-state index in [9.17, 15) is 9.59 Å². The molecule has 0 spiro atoms. The summed E-state index contributed by atoms with van der Waals surface area (Å²) in [5.41, 5.74) is 0.628. The van der Waals surface area contributed by atoms with Crippen LogP contribution in [0.15, 0.2) is 5.38 Å². The van der Waals surface area contributed by atoms with Crippen molar-refractivity contribution in [1.82, 2.24) is 4.98 Å². The molecule has 100 valence electrons. The van der Waals surface area contributed by atoms with E-state index in [2.05, 4.69) is 4.98 Å². The largest absolute Gasteiger partial charge is 0.479 e. The topological polar surface area (TPSA) is 79.7 Å². The first-order valence-corrected chi connectivity index (χ1v) is 6.40. The molecule has 1 heterocycles. The third-order valence-electron chi connectivity index (χ3n) is 2.30. The molecular weight excluding hydrogens is 256 g/mol. The fraction of sp³-hybridized carbons (Fsp3) is 0.545. The minimum atomic E-state index is -1.01. The van der Waals surface area contributed by atoms with Crippen molar-refractivity contribution in [3.8, 4) is 0 Å². The zero-order valence-electron chi connectivity index (χ0n) is 10.5. The first kappa shape index (κ1) is 14.6. The van der Waals surface area contributed by atoms with Crippen molar-refractivity contribution < 1.29 is 19.4 Å². The molecule has 0 aliphatic rings. The summed E-state index contributed by atoms with van der Waals surface area (Å²) >= 11 is 1.34. The van der Waals surface area contributed by atoms with Gasteiger partial charge in [-0.1, -0.05) is 0 Å². The molecule has 0 bridgehead atoms. The minimum absolute atomic E-state index is 0.0711. The highest BCUT2D eigenvalue weighted by molar-refractivity contribution is 7.14. The average molecular weight is 272 g/mol. The number of amides is 1. The van der Waals surface area contributed by atoms with Crippen LogP contribution in [0.5, 0.6) is 0 Å². The molecule has 7 heteroatoms. The van der Waals surface area contributed by atoms with Gasteiger partial charge in [0.2, 0.25) is 5.91 Å². The van der Waals surface area contributed by atoms with Gasteiger partial charge in [0.05, 0.1) is 12.3 Å². The second-order valence-electron chi connectivity index (χ2n) is 3.68. The Balaban J connectivity index is 2.63. The molecule has 0 saturated carbocycles. The summed E-state index contributed by atoms with van der Waals surface area (Å²) in [6.07, 6.45) is -0.870. The van der Waals surface area contributed by atoms with Crippen molar-refractivity contribution in [2.24, 2.45) is 0 Å². The van der Waals surface area contributed by atoms with Crippen LogP contribution in [0.4, 0.5) is 5.13 Å². The summed E-state index contributed by atoms with van der Waals surface area (Å²) in [5.74, 6) is -1.08. The van der Waals surface area contributed by atoms with E-state index in [0.717, 1.165) is 0 Å². The molecule has 0 unspecified atom stereocenters. The lowest BCUT2D eigenvalue weighted by Crippen LogP contribution is -2.27. The normalized spacial score (nSPS) is 12.2. The van der Waals surface area contributed by atoms with Gasteiger partial charge in [-0.15, -0.1) is 11.3 Å². The summed E-state index contributed by atoms with van der Waals surface area (Å²) < 4.78 is 5.12. The summed E-state index contributed by atoms with van der Waals surface area (Å²) in [4.78, 5) is 27.7. The van der Waals surface area contributed by atoms with E-state index in [-0.39, 0.29) is 12.5 Å². The van der Waals surface area contributed by atoms with E-state index >= 15 is 0 Å². The molecule has 1 amide bonds. The van der Waals surface area contributed by atoms with Crippen molar-refractivity contribution in [2.45, 2.75) is 33.5 Å². The maximum absolute atomic E-state index is 11.3. The lowest BCUT2D eigenvalue weighted by Gasteiger charge is -2.14. The molecule has 6 nitrogen and oxygen atoms in total. The predicted molar refractivity (Wildman–Crippen MR) is 67.7 cm³/mol. The molecule has 1 rings (SSSR count). The van der Waals surface area contributed by atoms with Gasteiger partial charge in [-0.25, -0.2) is 9.78 Å². The molecule has 0 aliphatic carbocycles. The minimum Gasteiger partial charge on any atom is -0.479 e. The SMILES string of the molecule is CCN(C(C)=O)c1nc(CO[C@@H](C)C(=O)O)cs1. The molecule has 0 radical (unpaired) electrons. The zero-order chi connectivity index (χ0) is 13.7. The first-order valence-electron chi connectivity index (χ1n) is 5.52. The van der Waals surface area contributed by atoms with E-state index in [1.165, 1.54) is 25.2 Å². The lowest BCUT2D eigenvalue weighted by molar-refractivity contribution is -0.149. The Kier molecular flexibility index (Phi) is 5.24. The molecule has 0 aromatic carbocycles. The lowest BCUT2D eigenvalue weighted by atomic mass is 10.4. The highest BCUT2D eigenvalue weighted by Gasteiger charge is 2.15. The van der Waals surface area contributed by atoms with Gasteiger partial charge in [0.15, 0.2) is 11.2 Å². The molecule has 1 atom stereocenters. The molecule has 1 aromatic heterocycles. The number of nitrogens with zero attached hydrogens (tertiary/aromatic N) is 2. The second kappa shape index (κ2) is 6.46. The smallest absolute Gasteiger partial charge is 0.332 e. The average Bonchev–Trinajstić information content (AvgIpc) is 2.74. The maximum Gasteiger partial charge on any atom is 0.332 e. The number of carbonyl (C=O) groups excluding carboxylic acids is 1. The van der Waals surface area contributed by atoms with Gasteiger partial charge < -0.3 is 9.84 Å². The Bertz CT molecular complexity index is 432. The van der Waals surface area contributed by atoms with Crippen molar-refractivity contribution in [2.75, 3.05) is 11.4 Å². The van der Waals surface area contributed by atoms with Crippen molar-refractivity contribution in [3.63, 3.8) is 0 Å². The van der Waals surface area contributed by atoms with Gasteiger partial charge in [-0.05, 0) is 13.8 Å². The molecule has 1 N–H and O–H groups in total. The number of ether oxygens (including phenoxy) is 1. The summed E-state index contributed by atoms with van der Waals surface area (Å²) in [6.45, 7) is 5.48. The van der Waals surface area contributed by atoms with Crippen LogP contribution in [0.2, 0.25) is 0 Å². The van der Waals surface area contributed by atoms with Crippen LogP contribution < -0.4 is 4.90 Å². The van der Waals surface area contributed by atoms with Gasteiger partial charge >= 0.3 is 5.97 Å². The Labute approximate surface area is 109 Å². The number of carboxylic acid groups (broad SMARTS) is 1. The van der Waals surface area contributed by atoms with Crippen LogP contribution in [-0.2, 0) is 20.9 Å². The molecular formula is C11H16N2O4S. The third-order valence-corrected chi connectivity index (χ3v) is 3.21. The Morgan fingerprint density at radius 3 is 2.78 bits per heavy atom. The van der Waals surface area contributed by atoms with Gasteiger partial charge in [0.25, 0.3) is 0 Å². The molecule has 0 fully saturated rings. The fourth-order valence-electron chi connectivity index (χ4n) is 1.26. The number of anilines is 1. The Hall–Kier alpha value is -1.47. The van der Waals surface area contributed by atoms with Gasteiger partial charge in [-0.3, -0.25) is 9.69 Å². The summed E-state index contributed by atoms with van der Waals surface area (Å²) in [6, 6.07) is 0. The number of aliphatic carboxylic acids is 1. The Morgan fingerprint density at radius 1 is 1.61 bits per heavy atom. The standard InChI is InChI=1S/C11H16N2O4S/c1-4-13(8(3)14)11-12-9(6-18-11)5-17-7(2)10(15)16/h6-7H,4-5H2,1-3H3,(H,15,16)/t7-/m0/s1. The van der Waals surface area contributed by atoms with Crippen LogP contribution in [-0.4, -0.2) is 34.6 Å². The van der Waals surface area contributed by atoms with E-state index in [0.29, 0.717) is 17.4 Å². The molecule has 18 heavy (non-hydrogen) atoms. The molecule has 1 aromatic rings. The van der Waals surface area contributed by atoms with Crippen molar-refractivity contribution in [1.29, 1.82) is 0 Å². The van der Waals surface area contributed by atoms with Crippen LogP contribution >= 0.6 is 11.3 Å². The first-order chi connectivity index (χ1) is 8.45. The number of hydrogen-bond acceptors (Lipinski definition) is 5. The molecule has 0 aliphatic heterocycles. The number of hydrogen-bond donors (Lipinski definition) is 1. The van der Waals surface area contributed by atoms with Crippen LogP contribution in [0, 0.1) is 0 Å². The number of carboxylic acids is 1. The second-order valence-corrected chi connectivity index (χ2v) is 4.51. The number of carbonyl (C=O) groups is 2. The number of rotatable bonds is 6. The van der Waals surface area contributed by atoms with Crippen molar-refractivity contribution in [3.05, 3.63) is 11.1 Å². The fourth-order valence-corrected chi connectivity index (χ4v) is 2.18. The van der Waals surface area contributed by atoms with Crippen LogP contribution in [0.3, 0.4) is 0 Å².